The van der Waals surface area contributed by atoms with Crippen molar-refractivity contribution < 1.29 is 4.79 Å². The van der Waals surface area contributed by atoms with Crippen LogP contribution in [0.3, 0.4) is 0 Å². The molecule has 0 saturated carbocycles. The van der Waals surface area contributed by atoms with Crippen molar-refractivity contribution in [3.05, 3.63) is 0 Å². The van der Waals surface area contributed by atoms with Gasteiger partial charge >= 0.3 is 0 Å². The molecule has 0 aliphatic carbocycles. The molecule has 124 valence electrons. The number of nitrogens with zero attached hydrogens (tertiary/aromatic N) is 2. The third-order valence-corrected chi connectivity index (χ3v) is 4.13. The van der Waals surface area contributed by atoms with E-state index in [9.17, 15) is 4.79 Å². The Hall–Kier alpha value is -0.610. The van der Waals surface area contributed by atoms with Crippen molar-refractivity contribution in [1.29, 1.82) is 0 Å². The van der Waals surface area contributed by atoms with Crippen molar-refractivity contribution in [2.75, 3.05) is 26.2 Å². The average Bonchev–Trinajstić information content (AvgIpc) is 2.37. The summed E-state index contributed by atoms with van der Waals surface area (Å²) in [5.74, 6) is 1.29. The number of piperidine rings is 1. The molecule has 2 unspecified atom stereocenters. The Bertz CT molecular complexity index is 305. The van der Waals surface area contributed by atoms with E-state index in [1.165, 1.54) is 12.8 Å². The van der Waals surface area contributed by atoms with Crippen LogP contribution in [0.25, 0.3) is 0 Å². The molecule has 0 aromatic rings. The zero-order valence-corrected chi connectivity index (χ0v) is 14.6. The van der Waals surface area contributed by atoms with Crippen LogP contribution in [-0.2, 0) is 4.79 Å². The number of carbonyl (C=O) groups is 1. The molecule has 1 aliphatic rings. The fraction of sp³-hybridized carbons (Fsp3) is 0.941. The maximum absolute atomic E-state index is 12.7. The fourth-order valence-corrected chi connectivity index (χ4v) is 3.24. The van der Waals surface area contributed by atoms with Gasteiger partial charge in [0, 0.05) is 25.2 Å². The normalized spacial score (nSPS) is 21.8. The average molecular weight is 297 g/mol. The van der Waals surface area contributed by atoms with Crippen molar-refractivity contribution in [3.8, 4) is 0 Å². The second-order valence-corrected chi connectivity index (χ2v) is 7.48. The molecule has 0 aromatic heterocycles. The molecule has 1 aliphatic heterocycles. The van der Waals surface area contributed by atoms with Gasteiger partial charge in [-0.25, -0.2) is 0 Å². The van der Waals surface area contributed by atoms with Gasteiger partial charge in [-0.1, -0.05) is 34.1 Å². The van der Waals surface area contributed by atoms with Crippen LogP contribution in [0.15, 0.2) is 0 Å². The molecule has 1 fully saturated rings. The van der Waals surface area contributed by atoms with Crippen LogP contribution in [0.5, 0.6) is 0 Å². The molecular weight excluding hydrogens is 262 g/mol. The van der Waals surface area contributed by atoms with E-state index in [1.807, 2.05) is 4.90 Å². The van der Waals surface area contributed by atoms with E-state index in [1.54, 1.807) is 0 Å². The van der Waals surface area contributed by atoms with Crippen LogP contribution < -0.4 is 5.73 Å². The summed E-state index contributed by atoms with van der Waals surface area (Å²) in [6.45, 7) is 14.0. The highest BCUT2D eigenvalue weighted by molar-refractivity contribution is 5.78. The van der Waals surface area contributed by atoms with E-state index in [-0.39, 0.29) is 11.9 Å². The maximum Gasteiger partial charge on any atom is 0.236 e. The van der Waals surface area contributed by atoms with Crippen molar-refractivity contribution >= 4 is 5.91 Å². The minimum atomic E-state index is 0.141. The van der Waals surface area contributed by atoms with Crippen molar-refractivity contribution in [2.45, 2.75) is 66.0 Å². The highest BCUT2D eigenvalue weighted by Crippen LogP contribution is 2.19. The SMILES string of the molecule is CC(C)CN(CC(C)C)C(=O)CN1CCCCC1C(C)N. The standard InChI is InChI=1S/C17H35N3O/c1-13(2)10-20(11-14(3)4)17(21)12-19-9-7-6-8-16(19)15(5)18/h13-16H,6-12,18H2,1-5H3. The number of rotatable bonds is 7. The lowest BCUT2D eigenvalue weighted by Gasteiger charge is -2.39. The van der Waals surface area contributed by atoms with Gasteiger partial charge in [-0.15, -0.1) is 0 Å². The molecule has 2 atom stereocenters. The van der Waals surface area contributed by atoms with Crippen LogP contribution in [0, 0.1) is 11.8 Å². The van der Waals surface area contributed by atoms with Crippen molar-refractivity contribution in [1.82, 2.24) is 9.80 Å². The van der Waals surface area contributed by atoms with Crippen LogP contribution >= 0.6 is 0 Å². The van der Waals surface area contributed by atoms with E-state index in [4.69, 9.17) is 5.73 Å². The Morgan fingerprint density at radius 2 is 1.71 bits per heavy atom. The molecule has 1 saturated heterocycles. The first-order valence-corrected chi connectivity index (χ1v) is 8.58. The van der Waals surface area contributed by atoms with Gasteiger partial charge in [0.25, 0.3) is 0 Å². The summed E-state index contributed by atoms with van der Waals surface area (Å²) >= 11 is 0. The number of hydrogen-bond donors (Lipinski definition) is 1. The molecule has 4 nitrogen and oxygen atoms in total. The predicted octanol–water partition coefficient (Wildman–Crippen LogP) is 2.33. The molecule has 1 amide bonds. The van der Waals surface area contributed by atoms with Crippen molar-refractivity contribution in [3.63, 3.8) is 0 Å². The fourth-order valence-electron chi connectivity index (χ4n) is 3.24. The highest BCUT2D eigenvalue weighted by atomic mass is 16.2. The Labute approximate surface area is 131 Å². The van der Waals surface area contributed by atoms with E-state index in [2.05, 4.69) is 39.5 Å². The molecular formula is C17H35N3O. The molecule has 1 heterocycles. The lowest BCUT2D eigenvalue weighted by atomic mass is 9.97. The molecule has 4 heteroatoms. The van der Waals surface area contributed by atoms with E-state index in [0.29, 0.717) is 24.4 Å². The summed E-state index contributed by atoms with van der Waals surface area (Å²) in [5, 5.41) is 0. The third kappa shape index (κ3) is 6.35. The smallest absolute Gasteiger partial charge is 0.236 e. The van der Waals surface area contributed by atoms with Gasteiger partial charge in [-0.05, 0) is 38.1 Å². The van der Waals surface area contributed by atoms with Crippen LogP contribution in [0.1, 0.15) is 53.9 Å². The summed E-state index contributed by atoms with van der Waals surface area (Å²) in [4.78, 5) is 17.0. The monoisotopic (exact) mass is 297 g/mol. The molecule has 2 N–H and O–H groups in total. The van der Waals surface area contributed by atoms with Gasteiger partial charge in [-0.3, -0.25) is 9.69 Å². The van der Waals surface area contributed by atoms with E-state index < -0.39 is 0 Å². The molecule has 0 radical (unpaired) electrons. The summed E-state index contributed by atoms with van der Waals surface area (Å²) in [6, 6.07) is 0.504. The Morgan fingerprint density at radius 1 is 1.14 bits per heavy atom. The summed E-state index contributed by atoms with van der Waals surface area (Å²) in [6.07, 6.45) is 3.54. The van der Waals surface area contributed by atoms with Crippen molar-refractivity contribution in [2.24, 2.45) is 17.6 Å². The number of amides is 1. The molecule has 0 aromatic carbocycles. The Balaban J connectivity index is 2.65. The largest absolute Gasteiger partial charge is 0.341 e. The van der Waals surface area contributed by atoms with Crippen LogP contribution in [0.4, 0.5) is 0 Å². The number of hydrogen-bond acceptors (Lipinski definition) is 3. The lowest BCUT2D eigenvalue weighted by Crippen LogP contribution is -2.53. The second kappa shape index (κ2) is 8.74. The Kier molecular flexibility index (Phi) is 7.67. The number of carbonyl (C=O) groups excluding carboxylic acids is 1. The first-order chi connectivity index (χ1) is 9.81. The third-order valence-electron chi connectivity index (χ3n) is 4.13. The quantitative estimate of drug-likeness (QED) is 0.784. The molecule has 0 spiro atoms. The van der Waals surface area contributed by atoms with Gasteiger partial charge < -0.3 is 10.6 Å². The van der Waals surface area contributed by atoms with Gasteiger partial charge in [0.1, 0.15) is 0 Å². The molecule has 0 bridgehead atoms. The van der Waals surface area contributed by atoms with Gasteiger partial charge in [-0.2, -0.15) is 0 Å². The zero-order chi connectivity index (χ0) is 16.0. The minimum absolute atomic E-state index is 0.141. The lowest BCUT2D eigenvalue weighted by molar-refractivity contribution is -0.134. The first kappa shape index (κ1) is 18.4. The highest BCUT2D eigenvalue weighted by Gasteiger charge is 2.28. The Morgan fingerprint density at radius 3 is 2.19 bits per heavy atom. The summed E-state index contributed by atoms with van der Waals surface area (Å²) in [7, 11) is 0. The van der Waals surface area contributed by atoms with E-state index in [0.717, 1.165) is 26.1 Å². The van der Waals surface area contributed by atoms with Gasteiger partial charge in [0.05, 0.1) is 6.54 Å². The van der Waals surface area contributed by atoms with Crippen LogP contribution in [-0.4, -0.2) is 54.0 Å². The maximum atomic E-state index is 12.7. The summed E-state index contributed by atoms with van der Waals surface area (Å²) in [5.41, 5.74) is 6.10. The molecule has 21 heavy (non-hydrogen) atoms. The second-order valence-electron chi connectivity index (χ2n) is 7.48. The topological polar surface area (TPSA) is 49.6 Å². The molecule has 1 rings (SSSR count). The summed E-state index contributed by atoms with van der Waals surface area (Å²) < 4.78 is 0. The zero-order valence-electron chi connectivity index (χ0n) is 14.6. The minimum Gasteiger partial charge on any atom is -0.341 e. The predicted molar refractivity (Wildman–Crippen MR) is 89.1 cm³/mol. The van der Waals surface area contributed by atoms with Gasteiger partial charge in [0.2, 0.25) is 5.91 Å². The van der Waals surface area contributed by atoms with Gasteiger partial charge in [0.15, 0.2) is 0 Å². The number of nitrogens with two attached hydrogens (primary N) is 1. The van der Waals surface area contributed by atoms with E-state index >= 15 is 0 Å². The first-order valence-electron chi connectivity index (χ1n) is 8.58. The number of likely N-dealkylation sites (tertiary alicyclic amines) is 1. The van der Waals surface area contributed by atoms with Crippen LogP contribution in [0.2, 0.25) is 0 Å².